The van der Waals surface area contributed by atoms with Crippen LogP contribution in [0.1, 0.15) is 36.1 Å². The molecule has 2 aliphatic rings. The third kappa shape index (κ3) is 4.10. The van der Waals surface area contributed by atoms with Crippen molar-refractivity contribution in [1.29, 1.82) is 0 Å². The van der Waals surface area contributed by atoms with E-state index in [0.29, 0.717) is 0 Å². The van der Waals surface area contributed by atoms with Crippen LogP contribution in [0.2, 0.25) is 0 Å². The average molecular weight is 714 g/mol. The fourth-order valence-electron chi connectivity index (χ4n) is 10.5. The van der Waals surface area contributed by atoms with Gasteiger partial charge in [0.05, 0.1) is 11.0 Å². The van der Waals surface area contributed by atoms with E-state index in [1.165, 1.54) is 127 Å². The fourth-order valence-corrected chi connectivity index (χ4v) is 10.5. The number of nitrogens with zero attached hydrogens (tertiary/aromatic N) is 1. The molecule has 0 spiro atoms. The summed E-state index contributed by atoms with van der Waals surface area (Å²) in [5.74, 6) is 0. The Morgan fingerprint density at radius 3 is 1.54 bits per heavy atom. The molecule has 0 unspecified atom stereocenters. The van der Waals surface area contributed by atoms with Gasteiger partial charge in [-0.15, -0.1) is 0 Å². The molecule has 0 amide bonds. The van der Waals surface area contributed by atoms with Gasteiger partial charge in [0.25, 0.3) is 0 Å². The first-order valence-electron chi connectivity index (χ1n) is 19.9. The second-order valence-electron chi connectivity index (χ2n) is 16.6. The molecule has 0 radical (unpaired) electrons. The molecule has 0 N–H and O–H groups in total. The summed E-state index contributed by atoms with van der Waals surface area (Å²) in [7, 11) is 0. The zero-order valence-electron chi connectivity index (χ0n) is 32.0. The molecule has 0 saturated carbocycles. The highest BCUT2D eigenvalue weighted by molar-refractivity contribution is 6.29. The number of hydrogen-bond acceptors (Lipinski definition) is 0. The Labute approximate surface area is 327 Å². The highest BCUT2D eigenvalue weighted by Gasteiger charge is 2.40. The van der Waals surface area contributed by atoms with E-state index in [1.807, 2.05) is 0 Å². The van der Waals surface area contributed by atoms with Gasteiger partial charge in [0, 0.05) is 21.9 Å². The molecule has 0 aliphatic heterocycles. The third-order valence-corrected chi connectivity index (χ3v) is 13.0. The average Bonchev–Trinajstić information content (AvgIpc) is 3.80. The van der Waals surface area contributed by atoms with Gasteiger partial charge in [-0.2, -0.15) is 0 Å². The lowest BCUT2D eigenvalue weighted by molar-refractivity contribution is 0.660. The SMILES string of the molecule is Cc1ccc2c(c1)c1cc(C)ccc1n2-c1ccc2c(c1)C(C)(C)c1cc3c4c(cccc4c1-2)-c1c-3c(-c2ccccc2)c2ccccc2c1-c1ccccc1. The first-order chi connectivity index (χ1) is 27.4. The van der Waals surface area contributed by atoms with Crippen molar-refractivity contribution < 1.29 is 0 Å². The van der Waals surface area contributed by atoms with Gasteiger partial charge < -0.3 is 4.57 Å². The Hall–Kier alpha value is -6.70. The van der Waals surface area contributed by atoms with Crippen molar-refractivity contribution in [3.63, 3.8) is 0 Å². The molecule has 2 aliphatic carbocycles. The number of rotatable bonds is 3. The minimum absolute atomic E-state index is 0.220. The molecule has 1 nitrogen and oxygen atoms in total. The van der Waals surface area contributed by atoms with Crippen LogP contribution in [0.4, 0.5) is 0 Å². The van der Waals surface area contributed by atoms with Gasteiger partial charge in [-0.1, -0.05) is 146 Å². The molecule has 0 saturated heterocycles. The summed E-state index contributed by atoms with van der Waals surface area (Å²) in [6.07, 6.45) is 0. The second kappa shape index (κ2) is 11.2. The molecule has 10 aromatic rings. The Morgan fingerprint density at radius 2 is 0.929 bits per heavy atom. The Kier molecular flexibility index (Phi) is 6.32. The molecule has 264 valence electrons. The van der Waals surface area contributed by atoms with E-state index >= 15 is 0 Å². The largest absolute Gasteiger partial charge is 0.309 e. The quantitative estimate of drug-likeness (QED) is 0.172. The summed E-state index contributed by atoms with van der Waals surface area (Å²) < 4.78 is 2.48. The maximum atomic E-state index is 2.58. The number of aromatic nitrogens is 1. The number of benzene rings is 9. The monoisotopic (exact) mass is 713 g/mol. The van der Waals surface area contributed by atoms with Crippen molar-refractivity contribution >= 4 is 43.4 Å². The zero-order chi connectivity index (χ0) is 37.4. The maximum absolute atomic E-state index is 2.58. The first kappa shape index (κ1) is 31.6. The number of fused-ring (bicyclic) bond motifs is 11. The van der Waals surface area contributed by atoms with E-state index in [0.717, 1.165) is 0 Å². The van der Waals surface area contributed by atoms with Gasteiger partial charge in [-0.05, 0) is 145 Å². The van der Waals surface area contributed by atoms with Crippen LogP contribution in [0, 0.1) is 13.8 Å². The lowest BCUT2D eigenvalue weighted by Crippen LogP contribution is -2.15. The Bertz CT molecular complexity index is 3260. The van der Waals surface area contributed by atoms with Crippen molar-refractivity contribution in [1.82, 2.24) is 4.57 Å². The number of hydrogen-bond donors (Lipinski definition) is 0. The van der Waals surface area contributed by atoms with Gasteiger partial charge in [0.1, 0.15) is 0 Å². The van der Waals surface area contributed by atoms with Gasteiger partial charge in [-0.25, -0.2) is 0 Å². The Morgan fingerprint density at radius 1 is 0.375 bits per heavy atom. The van der Waals surface area contributed by atoms with Crippen molar-refractivity contribution in [2.45, 2.75) is 33.1 Å². The standard InChI is InChI=1S/C55H39N/c1-32-22-26-47-42(28-32)43-29-33(2)23-27-48(43)56(47)36-24-25-39-45(30-36)55(3,4)46-31-44-51-40(52(39)46)20-13-21-41(51)53-49(34-14-7-5-8-15-34)37-18-11-12-19-38(37)50(54(44)53)35-16-9-6-10-17-35/h5-31H,1-4H3. The van der Waals surface area contributed by atoms with E-state index in [4.69, 9.17) is 0 Å². The van der Waals surface area contributed by atoms with E-state index in [9.17, 15) is 0 Å². The summed E-state index contributed by atoms with van der Waals surface area (Å²) in [5.41, 5.74) is 22.1. The van der Waals surface area contributed by atoms with Gasteiger partial charge in [-0.3, -0.25) is 0 Å². The molecular weight excluding hydrogens is 675 g/mol. The molecule has 0 bridgehead atoms. The van der Waals surface area contributed by atoms with Crippen LogP contribution in [0.15, 0.2) is 164 Å². The van der Waals surface area contributed by atoms with Crippen LogP contribution in [-0.4, -0.2) is 4.57 Å². The van der Waals surface area contributed by atoms with Crippen molar-refractivity contribution in [2.75, 3.05) is 0 Å². The van der Waals surface area contributed by atoms with E-state index in [-0.39, 0.29) is 5.41 Å². The fraction of sp³-hybridized carbons (Fsp3) is 0.0909. The summed E-state index contributed by atoms with van der Waals surface area (Å²) in [5, 5.41) is 7.92. The van der Waals surface area contributed by atoms with Crippen LogP contribution < -0.4 is 0 Å². The van der Waals surface area contributed by atoms with E-state index in [1.54, 1.807) is 0 Å². The minimum Gasteiger partial charge on any atom is -0.309 e. The summed E-state index contributed by atoms with van der Waals surface area (Å²) in [4.78, 5) is 0. The van der Waals surface area contributed by atoms with Crippen LogP contribution in [0.25, 0.3) is 105 Å². The van der Waals surface area contributed by atoms with Crippen LogP contribution in [0.3, 0.4) is 0 Å². The smallest absolute Gasteiger partial charge is 0.0541 e. The topological polar surface area (TPSA) is 4.93 Å². The van der Waals surface area contributed by atoms with Crippen molar-refractivity contribution in [3.8, 4) is 61.3 Å². The molecule has 1 aromatic heterocycles. The lowest BCUT2D eigenvalue weighted by Gasteiger charge is -2.24. The molecule has 0 fully saturated rings. The minimum atomic E-state index is -0.220. The molecule has 56 heavy (non-hydrogen) atoms. The van der Waals surface area contributed by atoms with Crippen LogP contribution in [0.5, 0.6) is 0 Å². The normalized spacial score (nSPS) is 13.5. The van der Waals surface area contributed by atoms with Crippen molar-refractivity contribution in [2.24, 2.45) is 0 Å². The molecule has 12 rings (SSSR count). The highest BCUT2D eigenvalue weighted by Crippen LogP contribution is 2.62. The number of aryl methyl sites for hydroxylation is 2. The molecule has 1 heterocycles. The second-order valence-corrected chi connectivity index (χ2v) is 16.6. The molecule has 9 aromatic carbocycles. The van der Waals surface area contributed by atoms with Gasteiger partial charge in [0.2, 0.25) is 0 Å². The van der Waals surface area contributed by atoms with E-state index < -0.39 is 0 Å². The zero-order valence-corrected chi connectivity index (χ0v) is 32.0. The Balaban J connectivity index is 1.16. The summed E-state index contributed by atoms with van der Waals surface area (Å²) >= 11 is 0. The molecule has 0 atom stereocenters. The van der Waals surface area contributed by atoms with Crippen LogP contribution >= 0.6 is 0 Å². The molecular formula is C55H39N. The molecule has 1 heteroatoms. The first-order valence-corrected chi connectivity index (χ1v) is 19.9. The third-order valence-electron chi connectivity index (χ3n) is 13.0. The van der Waals surface area contributed by atoms with E-state index in [2.05, 4.69) is 196 Å². The van der Waals surface area contributed by atoms with Gasteiger partial charge in [0.15, 0.2) is 0 Å². The predicted molar refractivity (Wildman–Crippen MR) is 238 cm³/mol. The van der Waals surface area contributed by atoms with Crippen molar-refractivity contribution in [3.05, 3.63) is 186 Å². The summed E-state index contributed by atoms with van der Waals surface area (Å²) in [6.45, 7) is 9.26. The lowest BCUT2D eigenvalue weighted by atomic mass is 9.79. The summed E-state index contributed by atoms with van der Waals surface area (Å²) in [6, 6.07) is 61.8. The van der Waals surface area contributed by atoms with Gasteiger partial charge >= 0.3 is 0 Å². The predicted octanol–water partition coefficient (Wildman–Crippen LogP) is 15.0. The van der Waals surface area contributed by atoms with Crippen LogP contribution in [-0.2, 0) is 5.41 Å². The maximum Gasteiger partial charge on any atom is 0.0541 e. The highest BCUT2D eigenvalue weighted by atomic mass is 15.0.